The van der Waals surface area contributed by atoms with Gasteiger partial charge in [-0.25, -0.2) is 0 Å². The van der Waals surface area contributed by atoms with Crippen LogP contribution in [0.1, 0.15) is 59.9 Å². The standard InChI is InChI=1S/C26H40O2Si/c1-8-29(7,9-2)18-19(3)17-28-21-12-10-20(11-13-21)16-22-23-14-15-26(6,24(22)27)25(23,4)5/h10-13,16,19,23H,8-9,14-15,17-18H2,1-7H3/b22-16+. The van der Waals surface area contributed by atoms with Crippen molar-refractivity contribution in [2.75, 3.05) is 6.61 Å². The van der Waals surface area contributed by atoms with Gasteiger partial charge in [0.05, 0.1) is 14.7 Å². The number of Topliss-reactive ketones (excluding diaryl/α,β-unsaturated/α-hetero) is 1. The summed E-state index contributed by atoms with van der Waals surface area (Å²) in [7, 11) is -1.08. The molecule has 0 radical (unpaired) electrons. The van der Waals surface area contributed by atoms with Gasteiger partial charge in [-0.3, -0.25) is 4.79 Å². The Balaban J connectivity index is 1.63. The van der Waals surface area contributed by atoms with E-state index in [0.29, 0.717) is 17.6 Å². The van der Waals surface area contributed by atoms with Crippen molar-refractivity contribution in [3.63, 3.8) is 0 Å². The van der Waals surface area contributed by atoms with Gasteiger partial charge < -0.3 is 4.74 Å². The van der Waals surface area contributed by atoms with Gasteiger partial charge in [-0.2, -0.15) is 0 Å². The third-order valence-electron chi connectivity index (χ3n) is 8.65. The van der Waals surface area contributed by atoms with Gasteiger partial charge in [-0.15, -0.1) is 0 Å². The molecule has 2 aliphatic rings. The molecule has 0 N–H and O–H groups in total. The zero-order chi connectivity index (χ0) is 21.4. The fraction of sp³-hybridized carbons (Fsp3) is 0.654. The van der Waals surface area contributed by atoms with E-state index in [1.54, 1.807) is 0 Å². The molecule has 3 unspecified atom stereocenters. The third-order valence-corrected chi connectivity index (χ3v) is 13.7. The molecule has 3 atom stereocenters. The van der Waals surface area contributed by atoms with Crippen molar-refractivity contribution in [2.24, 2.45) is 22.7 Å². The van der Waals surface area contributed by atoms with E-state index >= 15 is 0 Å². The number of carbonyl (C=O) groups is 1. The largest absolute Gasteiger partial charge is 0.493 e. The van der Waals surface area contributed by atoms with Crippen molar-refractivity contribution in [1.29, 1.82) is 0 Å². The zero-order valence-corrected chi connectivity index (χ0v) is 20.6. The Bertz CT molecular complexity index is 772. The van der Waals surface area contributed by atoms with Gasteiger partial charge in [-0.05, 0) is 59.4 Å². The van der Waals surface area contributed by atoms with Gasteiger partial charge in [0, 0.05) is 5.41 Å². The molecule has 0 aliphatic heterocycles. The Kier molecular flexibility index (Phi) is 6.20. The van der Waals surface area contributed by atoms with Gasteiger partial charge in [0.25, 0.3) is 0 Å². The average molecular weight is 413 g/mol. The first-order chi connectivity index (χ1) is 13.6. The van der Waals surface area contributed by atoms with Crippen LogP contribution in [0, 0.1) is 22.7 Å². The minimum atomic E-state index is -1.08. The van der Waals surface area contributed by atoms with Crippen LogP contribution in [0.15, 0.2) is 29.8 Å². The number of rotatable bonds is 8. The second kappa shape index (κ2) is 8.06. The van der Waals surface area contributed by atoms with E-state index < -0.39 is 8.07 Å². The maximum absolute atomic E-state index is 13.0. The van der Waals surface area contributed by atoms with Crippen LogP contribution < -0.4 is 4.74 Å². The van der Waals surface area contributed by atoms with Gasteiger partial charge >= 0.3 is 0 Å². The third kappa shape index (κ3) is 4.00. The van der Waals surface area contributed by atoms with Crippen molar-refractivity contribution in [2.45, 2.75) is 79.1 Å². The SMILES string of the molecule is CC[Si](C)(CC)CC(C)COc1ccc(/C=C2/C(=O)C3(C)CCC2C3(C)C)cc1. The van der Waals surface area contributed by atoms with Crippen LogP contribution in [-0.4, -0.2) is 20.5 Å². The van der Waals surface area contributed by atoms with E-state index in [0.717, 1.165) is 36.3 Å². The summed E-state index contributed by atoms with van der Waals surface area (Å²) in [5.41, 5.74) is 2.04. The minimum absolute atomic E-state index is 0.0733. The van der Waals surface area contributed by atoms with Gasteiger partial charge in [0.2, 0.25) is 0 Å². The predicted molar refractivity (Wildman–Crippen MR) is 126 cm³/mol. The van der Waals surface area contributed by atoms with Gasteiger partial charge in [0.1, 0.15) is 5.75 Å². The van der Waals surface area contributed by atoms with E-state index in [9.17, 15) is 4.79 Å². The van der Waals surface area contributed by atoms with E-state index in [4.69, 9.17) is 4.74 Å². The first-order valence-electron chi connectivity index (χ1n) is 11.6. The highest BCUT2D eigenvalue weighted by Crippen LogP contribution is 2.65. The fourth-order valence-corrected chi connectivity index (χ4v) is 8.49. The Labute approximate surface area is 179 Å². The number of carbonyl (C=O) groups excluding carboxylic acids is 1. The van der Waals surface area contributed by atoms with E-state index in [1.165, 1.54) is 18.1 Å². The minimum Gasteiger partial charge on any atom is -0.493 e. The van der Waals surface area contributed by atoms with Crippen molar-refractivity contribution in [3.8, 4) is 5.75 Å². The molecule has 0 spiro atoms. The Morgan fingerprint density at radius 2 is 1.79 bits per heavy atom. The lowest BCUT2D eigenvalue weighted by molar-refractivity contribution is -0.125. The topological polar surface area (TPSA) is 26.3 Å². The molecule has 2 nitrogen and oxygen atoms in total. The summed E-state index contributed by atoms with van der Waals surface area (Å²) in [5, 5.41) is 0. The molecule has 0 heterocycles. The Morgan fingerprint density at radius 1 is 1.17 bits per heavy atom. The van der Waals surface area contributed by atoms with Crippen molar-refractivity contribution in [3.05, 3.63) is 35.4 Å². The molecule has 0 aromatic heterocycles. The van der Waals surface area contributed by atoms with Crippen LogP contribution in [-0.2, 0) is 4.79 Å². The second-order valence-corrected chi connectivity index (χ2v) is 16.2. The molecule has 3 heteroatoms. The lowest BCUT2D eigenvalue weighted by Gasteiger charge is -2.31. The molecule has 2 fully saturated rings. The highest BCUT2D eigenvalue weighted by molar-refractivity contribution is 6.78. The van der Waals surface area contributed by atoms with Crippen molar-refractivity contribution < 1.29 is 9.53 Å². The number of ether oxygens (including phenoxy) is 1. The Hall–Kier alpha value is -1.35. The average Bonchev–Trinajstić information content (AvgIpc) is 3.01. The first kappa shape index (κ1) is 22.3. The van der Waals surface area contributed by atoms with E-state index in [2.05, 4.69) is 78.4 Å². The lowest BCUT2D eigenvalue weighted by Crippen LogP contribution is -2.32. The zero-order valence-electron chi connectivity index (χ0n) is 19.6. The first-order valence-corrected chi connectivity index (χ1v) is 14.7. The summed E-state index contributed by atoms with van der Waals surface area (Å²) in [6, 6.07) is 12.3. The molecule has 3 rings (SSSR count). The quantitative estimate of drug-likeness (QED) is 0.332. The van der Waals surface area contributed by atoms with Crippen LogP contribution in [0.25, 0.3) is 6.08 Å². The summed E-state index contributed by atoms with van der Waals surface area (Å²) in [4.78, 5) is 13.0. The number of benzene rings is 1. The summed E-state index contributed by atoms with van der Waals surface area (Å²) in [5.74, 6) is 2.30. The smallest absolute Gasteiger partial charge is 0.165 e. The van der Waals surface area contributed by atoms with Crippen molar-refractivity contribution in [1.82, 2.24) is 0 Å². The monoisotopic (exact) mass is 412 g/mol. The maximum atomic E-state index is 13.0. The van der Waals surface area contributed by atoms with Gasteiger partial charge in [0.15, 0.2) is 5.78 Å². The second-order valence-electron chi connectivity index (χ2n) is 10.8. The number of fused-ring (bicyclic) bond motifs is 2. The predicted octanol–water partition coefficient (Wildman–Crippen LogP) is 7.23. The normalized spacial score (nSPS) is 28.2. The van der Waals surface area contributed by atoms with E-state index in [1.807, 2.05) is 0 Å². The van der Waals surface area contributed by atoms with Crippen LogP contribution in [0.3, 0.4) is 0 Å². The van der Waals surface area contributed by atoms with Crippen LogP contribution in [0.2, 0.25) is 24.7 Å². The summed E-state index contributed by atoms with van der Waals surface area (Å²) < 4.78 is 6.08. The number of hydrogen-bond donors (Lipinski definition) is 0. The molecule has 29 heavy (non-hydrogen) atoms. The summed E-state index contributed by atoms with van der Waals surface area (Å²) >= 11 is 0. The molecule has 1 aromatic carbocycles. The molecule has 160 valence electrons. The lowest BCUT2D eigenvalue weighted by atomic mass is 9.70. The summed E-state index contributed by atoms with van der Waals surface area (Å²) in [6.07, 6.45) is 4.30. The van der Waals surface area contributed by atoms with E-state index in [-0.39, 0.29) is 10.8 Å². The van der Waals surface area contributed by atoms with Crippen LogP contribution >= 0.6 is 0 Å². The molecule has 2 aliphatic carbocycles. The highest BCUT2D eigenvalue weighted by Gasteiger charge is 2.63. The number of ketones is 1. The molecule has 2 saturated carbocycles. The number of allylic oxidation sites excluding steroid dienone is 1. The highest BCUT2D eigenvalue weighted by atomic mass is 28.3. The summed E-state index contributed by atoms with van der Waals surface area (Å²) in [6.45, 7) is 17.0. The molecule has 2 bridgehead atoms. The molecular formula is C26H40O2Si. The maximum Gasteiger partial charge on any atom is 0.165 e. The van der Waals surface area contributed by atoms with Crippen LogP contribution in [0.5, 0.6) is 5.75 Å². The number of hydrogen-bond acceptors (Lipinski definition) is 2. The molecule has 0 saturated heterocycles. The van der Waals surface area contributed by atoms with Crippen molar-refractivity contribution >= 4 is 19.9 Å². The van der Waals surface area contributed by atoms with Gasteiger partial charge in [-0.1, -0.05) is 78.4 Å². The molecule has 1 aromatic rings. The fourth-order valence-electron chi connectivity index (χ4n) is 5.61. The molecule has 0 amide bonds. The van der Waals surface area contributed by atoms with Crippen LogP contribution in [0.4, 0.5) is 0 Å². The molecular weight excluding hydrogens is 372 g/mol. The Morgan fingerprint density at radius 3 is 2.31 bits per heavy atom.